The lowest BCUT2D eigenvalue weighted by atomic mass is 9.92. The fraction of sp³-hybridized carbons (Fsp3) is 0.889. The summed E-state index contributed by atoms with van der Waals surface area (Å²) in [5, 5.41) is 3.53. The van der Waals surface area contributed by atoms with Gasteiger partial charge in [-0.15, -0.1) is 0 Å². The summed E-state index contributed by atoms with van der Waals surface area (Å²) >= 11 is 0. The fourth-order valence-corrected chi connectivity index (χ4v) is 2.13. The van der Waals surface area contributed by atoms with Crippen LogP contribution in [-0.4, -0.2) is 29.9 Å². The van der Waals surface area contributed by atoms with E-state index in [-0.39, 0.29) is 11.8 Å². The number of carbonyl (C=O) groups is 1. The quantitative estimate of drug-likeness (QED) is 0.383. The molecule has 2 rings (SSSR count). The van der Waals surface area contributed by atoms with Gasteiger partial charge in [-0.1, -0.05) is 5.11 Å². The molecule has 76 valence electrons. The predicted octanol–water partition coefficient (Wildman–Crippen LogP) is 1.70. The minimum Gasteiger partial charge on any atom is -0.339 e. The summed E-state index contributed by atoms with van der Waals surface area (Å²) in [6.45, 7) is 1.26. The summed E-state index contributed by atoms with van der Waals surface area (Å²) in [4.78, 5) is 16.3. The lowest BCUT2D eigenvalue weighted by Crippen LogP contribution is -2.41. The molecule has 0 aromatic carbocycles. The van der Waals surface area contributed by atoms with Gasteiger partial charge in [-0.2, -0.15) is 0 Å². The van der Waals surface area contributed by atoms with Crippen molar-refractivity contribution in [2.75, 3.05) is 13.1 Å². The van der Waals surface area contributed by atoms with E-state index in [1.165, 1.54) is 6.42 Å². The Hall–Kier alpha value is -1.22. The van der Waals surface area contributed by atoms with Crippen molar-refractivity contribution in [3.8, 4) is 0 Å². The number of hydrogen-bond donors (Lipinski definition) is 0. The van der Waals surface area contributed by atoms with Crippen LogP contribution < -0.4 is 0 Å². The van der Waals surface area contributed by atoms with Crippen LogP contribution in [0.5, 0.6) is 0 Å². The van der Waals surface area contributed by atoms with E-state index >= 15 is 0 Å². The van der Waals surface area contributed by atoms with Crippen LogP contribution in [-0.2, 0) is 4.79 Å². The second kappa shape index (κ2) is 3.88. The second-order valence-corrected chi connectivity index (χ2v) is 4.11. The molecule has 1 aliphatic heterocycles. The van der Waals surface area contributed by atoms with Crippen LogP contribution in [0.1, 0.15) is 25.7 Å². The molecule has 1 amide bonds. The molecule has 14 heavy (non-hydrogen) atoms. The van der Waals surface area contributed by atoms with Crippen LogP contribution in [0.2, 0.25) is 0 Å². The Bertz CT molecular complexity index is 281. The highest BCUT2D eigenvalue weighted by Crippen LogP contribution is 2.30. The van der Waals surface area contributed by atoms with Gasteiger partial charge in [0.15, 0.2) is 0 Å². The third kappa shape index (κ3) is 1.68. The molecule has 0 aromatic rings. The molecule has 2 aliphatic rings. The van der Waals surface area contributed by atoms with Crippen molar-refractivity contribution in [2.24, 2.45) is 11.0 Å². The number of hydrogen-bond acceptors (Lipinski definition) is 2. The molecule has 1 unspecified atom stereocenters. The molecular formula is C9H14N4O. The Morgan fingerprint density at radius 1 is 1.57 bits per heavy atom. The molecule has 1 saturated carbocycles. The maximum Gasteiger partial charge on any atom is 0.223 e. The van der Waals surface area contributed by atoms with Crippen molar-refractivity contribution in [3.05, 3.63) is 10.4 Å². The first-order valence-electron chi connectivity index (χ1n) is 5.11. The average Bonchev–Trinajstić information content (AvgIpc) is 2.42. The SMILES string of the molecule is [N-]=[N+]=NCC1CC(=O)N(C2CCC2)C1. The monoisotopic (exact) mass is 194 g/mol. The highest BCUT2D eigenvalue weighted by Gasteiger charge is 2.36. The summed E-state index contributed by atoms with van der Waals surface area (Å²) in [6.07, 6.45) is 4.12. The van der Waals surface area contributed by atoms with Crippen LogP contribution in [0.25, 0.3) is 10.4 Å². The van der Waals surface area contributed by atoms with E-state index in [4.69, 9.17) is 5.53 Å². The minimum absolute atomic E-state index is 0.243. The first-order chi connectivity index (χ1) is 6.81. The van der Waals surface area contributed by atoms with Gasteiger partial charge in [-0.05, 0) is 30.7 Å². The van der Waals surface area contributed by atoms with E-state index < -0.39 is 0 Å². The number of nitrogens with zero attached hydrogens (tertiary/aromatic N) is 4. The van der Waals surface area contributed by atoms with Gasteiger partial charge < -0.3 is 4.90 Å². The van der Waals surface area contributed by atoms with Gasteiger partial charge in [-0.3, -0.25) is 4.79 Å². The van der Waals surface area contributed by atoms with Crippen molar-refractivity contribution in [2.45, 2.75) is 31.7 Å². The van der Waals surface area contributed by atoms with E-state index in [0.717, 1.165) is 19.4 Å². The van der Waals surface area contributed by atoms with Gasteiger partial charge in [0.25, 0.3) is 0 Å². The molecule has 1 saturated heterocycles. The van der Waals surface area contributed by atoms with Crippen molar-refractivity contribution >= 4 is 5.91 Å². The maximum absolute atomic E-state index is 11.6. The standard InChI is InChI=1S/C9H14N4O/c10-12-11-5-7-4-9(14)13(6-7)8-2-1-3-8/h7-8H,1-6H2. The molecular weight excluding hydrogens is 180 g/mol. The van der Waals surface area contributed by atoms with Crippen molar-refractivity contribution in [3.63, 3.8) is 0 Å². The van der Waals surface area contributed by atoms with Crippen molar-refractivity contribution < 1.29 is 4.79 Å². The van der Waals surface area contributed by atoms with Crippen LogP contribution in [0.15, 0.2) is 5.11 Å². The molecule has 0 aromatic heterocycles. The first kappa shape index (κ1) is 9.34. The Labute approximate surface area is 82.7 Å². The van der Waals surface area contributed by atoms with E-state index in [2.05, 4.69) is 10.0 Å². The van der Waals surface area contributed by atoms with Gasteiger partial charge >= 0.3 is 0 Å². The molecule has 1 heterocycles. The molecule has 0 bridgehead atoms. The van der Waals surface area contributed by atoms with Crippen LogP contribution >= 0.6 is 0 Å². The zero-order chi connectivity index (χ0) is 9.97. The topological polar surface area (TPSA) is 69.1 Å². The zero-order valence-corrected chi connectivity index (χ0v) is 8.09. The summed E-state index contributed by atoms with van der Waals surface area (Å²) in [7, 11) is 0. The molecule has 0 radical (unpaired) electrons. The van der Waals surface area contributed by atoms with E-state index in [1.54, 1.807) is 0 Å². The van der Waals surface area contributed by atoms with E-state index in [1.807, 2.05) is 4.90 Å². The number of likely N-dealkylation sites (tertiary alicyclic amines) is 1. The van der Waals surface area contributed by atoms with Crippen molar-refractivity contribution in [1.82, 2.24) is 4.90 Å². The zero-order valence-electron chi connectivity index (χ0n) is 8.09. The van der Waals surface area contributed by atoms with Gasteiger partial charge in [0, 0.05) is 30.5 Å². The number of azide groups is 1. The molecule has 1 atom stereocenters. The maximum atomic E-state index is 11.6. The Morgan fingerprint density at radius 2 is 2.36 bits per heavy atom. The minimum atomic E-state index is 0.243. The Balaban J connectivity index is 1.89. The van der Waals surface area contributed by atoms with Crippen LogP contribution in [0.4, 0.5) is 0 Å². The number of rotatable bonds is 3. The Morgan fingerprint density at radius 3 is 2.93 bits per heavy atom. The lowest BCUT2D eigenvalue weighted by molar-refractivity contribution is -0.131. The Kier molecular flexibility index (Phi) is 2.59. The van der Waals surface area contributed by atoms with Crippen molar-refractivity contribution in [1.29, 1.82) is 0 Å². The van der Waals surface area contributed by atoms with Crippen LogP contribution in [0, 0.1) is 5.92 Å². The summed E-state index contributed by atoms with van der Waals surface area (Å²) in [5.41, 5.74) is 8.18. The summed E-state index contributed by atoms with van der Waals surface area (Å²) in [5.74, 6) is 0.492. The molecule has 2 fully saturated rings. The molecule has 0 spiro atoms. The molecule has 5 nitrogen and oxygen atoms in total. The third-order valence-corrected chi connectivity index (χ3v) is 3.16. The van der Waals surface area contributed by atoms with Gasteiger partial charge in [0.2, 0.25) is 5.91 Å². The fourth-order valence-electron chi connectivity index (χ4n) is 2.13. The molecule has 0 N–H and O–H groups in total. The first-order valence-corrected chi connectivity index (χ1v) is 5.11. The second-order valence-electron chi connectivity index (χ2n) is 4.11. The highest BCUT2D eigenvalue weighted by atomic mass is 16.2. The van der Waals surface area contributed by atoms with E-state index in [0.29, 0.717) is 19.0 Å². The van der Waals surface area contributed by atoms with Gasteiger partial charge in [0.1, 0.15) is 0 Å². The summed E-state index contributed by atoms with van der Waals surface area (Å²) < 4.78 is 0. The smallest absolute Gasteiger partial charge is 0.223 e. The molecule has 1 aliphatic carbocycles. The predicted molar refractivity (Wildman–Crippen MR) is 51.5 cm³/mol. The largest absolute Gasteiger partial charge is 0.339 e. The van der Waals surface area contributed by atoms with Crippen LogP contribution in [0.3, 0.4) is 0 Å². The van der Waals surface area contributed by atoms with Gasteiger partial charge in [0.05, 0.1) is 0 Å². The normalized spacial score (nSPS) is 27.3. The third-order valence-electron chi connectivity index (χ3n) is 3.16. The molecule has 5 heteroatoms. The highest BCUT2D eigenvalue weighted by molar-refractivity contribution is 5.79. The number of amides is 1. The average molecular weight is 194 g/mol. The van der Waals surface area contributed by atoms with E-state index in [9.17, 15) is 4.79 Å². The number of carbonyl (C=O) groups excluding carboxylic acids is 1. The lowest BCUT2D eigenvalue weighted by Gasteiger charge is -2.34. The summed E-state index contributed by atoms with van der Waals surface area (Å²) in [6, 6.07) is 0.485. The van der Waals surface area contributed by atoms with Gasteiger partial charge in [-0.25, -0.2) is 0 Å².